The zero-order valence-corrected chi connectivity index (χ0v) is 14.8. The molecule has 0 bridgehead atoms. The van der Waals surface area contributed by atoms with Crippen molar-refractivity contribution >= 4 is 11.9 Å². The molecule has 126 valence electrons. The average molecular weight is 317 g/mol. The van der Waals surface area contributed by atoms with Gasteiger partial charge in [0.05, 0.1) is 0 Å². The van der Waals surface area contributed by atoms with Crippen LogP contribution in [0, 0.1) is 0 Å². The van der Waals surface area contributed by atoms with Crippen LogP contribution >= 0.6 is 0 Å². The van der Waals surface area contributed by atoms with Gasteiger partial charge in [-0.25, -0.2) is 4.79 Å². The number of amides is 3. The van der Waals surface area contributed by atoms with Crippen LogP contribution in [0.25, 0.3) is 0 Å². The number of hydrogen-bond acceptors (Lipinski definition) is 2. The van der Waals surface area contributed by atoms with Gasteiger partial charge in [-0.3, -0.25) is 4.79 Å². The first-order valence-electron chi connectivity index (χ1n) is 8.06. The van der Waals surface area contributed by atoms with Crippen LogP contribution < -0.4 is 0 Å². The van der Waals surface area contributed by atoms with Crippen molar-refractivity contribution in [1.29, 1.82) is 0 Å². The lowest BCUT2D eigenvalue weighted by molar-refractivity contribution is 0.0650. The second kappa shape index (κ2) is 6.60. The van der Waals surface area contributed by atoms with Gasteiger partial charge in [0.25, 0.3) is 5.91 Å². The Labute approximate surface area is 138 Å². The van der Waals surface area contributed by atoms with Crippen LogP contribution in [0.5, 0.6) is 0 Å². The van der Waals surface area contributed by atoms with Gasteiger partial charge < -0.3 is 14.7 Å². The molecule has 0 spiro atoms. The van der Waals surface area contributed by atoms with E-state index in [0.717, 1.165) is 0 Å². The van der Waals surface area contributed by atoms with E-state index in [0.29, 0.717) is 31.7 Å². The van der Waals surface area contributed by atoms with Crippen molar-refractivity contribution < 1.29 is 9.59 Å². The minimum Gasteiger partial charge on any atom is -0.335 e. The quantitative estimate of drug-likeness (QED) is 0.798. The van der Waals surface area contributed by atoms with Crippen LogP contribution in [-0.2, 0) is 5.41 Å². The lowest BCUT2D eigenvalue weighted by Crippen LogP contribution is -2.52. The smallest absolute Gasteiger partial charge is 0.319 e. The summed E-state index contributed by atoms with van der Waals surface area (Å²) < 4.78 is 0. The third-order valence-corrected chi connectivity index (χ3v) is 4.22. The molecule has 1 aromatic carbocycles. The van der Waals surface area contributed by atoms with Crippen molar-refractivity contribution in [2.45, 2.75) is 26.2 Å². The van der Waals surface area contributed by atoms with E-state index in [-0.39, 0.29) is 17.4 Å². The molecule has 0 N–H and O–H groups in total. The molecule has 5 heteroatoms. The first-order chi connectivity index (χ1) is 10.7. The highest BCUT2D eigenvalue weighted by Gasteiger charge is 2.25. The molecule has 1 fully saturated rings. The van der Waals surface area contributed by atoms with Crippen LogP contribution in [0.2, 0.25) is 0 Å². The van der Waals surface area contributed by atoms with Crippen molar-refractivity contribution in [3.8, 4) is 0 Å². The van der Waals surface area contributed by atoms with Crippen LogP contribution in [0.1, 0.15) is 36.7 Å². The second-order valence-corrected chi connectivity index (χ2v) is 7.28. The molecule has 0 unspecified atom stereocenters. The number of nitrogens with zero attached hydrogens (tertiary/aromatic N) is 3. The third kappa shape index (κ3) is 4.03. The van der Waals surface area contributed by atoms with Crippen LogP contribution in [0.4, 0.5) is 4.79 Å². The summed E-state index contributed by atoms with van der Waals surface area (Å²) in [6.45, 7) is 8.81. The predicted octanol–water partition coefficient (Wildman–Crippen LogP) is 2.42. The van der Waals surface area contributed by atoms with E-state index in [9.17, 15) is 9.59 Å². The fourth-order valence-corrected chi connectivity index (χ4v) is 2.68. The van der Waals surface area contributed by atoms with Gasteiger partial charge in [-0.05, 0) is 23.1 Å². The molecule has 0 atom stereocenters. The first-order valence-corrected chi connectivity index (χ1v) is 8.06. The summed E-state index contributed by atoms with van der Waals surface area (Å²) in [5, 5.41) is 0. The monoisotopic (exact) mass is 317 g/mol. The minimum absolute atomic E-state index is 0.00614. The Kier molecular flexibility index (Phi) is 4.97. The number of carbonyl (C=O) groups is 2. The number of piperazine rings is 1. The molecule has 0 saturated carbocycles. The Morgan fingerprint density at radius 2 is 1.39 bits per heavy atom. The zero-order valence-electron chi connectivity index (χ0n) is 14.8. The summed E-state index contributed by atoms with van der Waals surface area (Å²) in [5.41, 5.74) is 2.01. The first kappa shape index (κ1) is 17.3. The van der Waals surface area contributed by atoms with E-state index in [1.807, 2.05) is 29.2 Å². The molecule has 5 nitrogen and oxygen atoms in total. The molecule has 3 amide bonds. The molecule has 1 aliphatic heterocycles. The summed E-state index contributed by atoms with van der Waals surface area (Å²) in [5.74, 6) is 0.0439. The van der Waals surface area contributed by atoms with Crippen molar-refractivity contribution in [3.05, 3.63) is 35.4 Å². The maximum absolute atomic E-state index is 12.6. The van der Waals surface area contributed by atoms with E-state index < -0.39 is 0 Å². The summed E-state index contributed by atoms with van der Waals surface area (Å²) in [6, 6.07) is 7.87. The fraction of sp³-hybridized carbons (Fsp3) is 0.556. The maximum Gasteiger partial charge on any atom is 0.319 e. The van der Waals surface area contributed by atoms with E-state index in [2.05, 4.69) is 20.8 Å². The lowest BCUT2D eigenvalue weighted by atomic mass is 9.86. The van der Waals surface area contributed by atoms with E-state index in [4.69, 9.17) is 0 Å². The molecule has 1 aliphatic rings. The molecule has 23 heavy (non-hydrogen) atoms. The van der Waals surface area contributed by atoms with E-state index >= 15 is 0 Å². The molecule has 1 saturated heterocycles. The number of carbonyl (C=O) groups excluding carboxylic acids is 2. The van der Waals surface area contributed by atoms with Crippen LogP contribution in [-0.4, -0.2) is 66.9 Å². The molecular formula is C18H27N3O2. The molecular weight excluding hydrogens is 290 g/mol. The minimum atomic E-state index is 0.00614. The third-order valence-electron chi connectivity index (χ3n) is 4.22. The normalized spacial score (nSPS) is 15.5. The van der Waals surface area contributed by atoms with Crippen molar-refractivity contribution in [2.75, 3.05) is 40.3 Å². The van der Waals surface area contributed by atoms with Gasteiger partial charge in [0, 0.05) is 45.8 Å². The van der Waals surface area contributed by atoms with Gasteiger partial charge in [0.1, 0.15) is 0 Å². The molecule has 1 heterocycles. The number of hydrogen-bond donors (Lipinski definition) is 0. The largest absolute Gasteiger partial charge is 0.335 e. The summed E-state index contributed by atoms with van der Waals surface area (Å²) in [6.07, 6.45) is 0. The molecule has 0 aliphatic carbocycles. The summed E-state index contributed by atoms with van der Waals surface area (Å²) in [4.78, 5) is 29.7. The summed E-state index contributed by atoms with van der Waals surface area (Å²) in [7, 11) is 3.49. The van der Waals surface area contributed by atoms with E-state index in [1.165, 1.54) is 5.56 Å². The molecule has 0 radical (unpaired) electrons. The Bertz CT molecular complexity index is 565. The van der Waals surface area contributed by atoms with Gasteiger partial charge in [-0.2, -0.15) is 0 Å². The lowest BCUT2D eigenvalue weighted by Gasteiger charge is -2.36. The fourth-order valence-electron chi connectivity index (χ4n) is 2.68. The summed E-state index contributed by atoms with van der Waals surface area (Å²) >= 11 is 0. The number of urea groups is 1. The molecule has 0 aromatic heterocycles. The number of benzene rings is 1. The van der Waals surface area contributed by atoms with Gasteiger partial charge in [-0.1, -0.05) is 32.9 Å². The van der Waals surface area contributed by atoms with Crippen molar-refractivity contribution in [2.24, 2.45) is 0 Å². The zero-order chi connectivity index (χ0) is 17.2. The average Bonchev–Trinajstić information content (AvgIpc) is 2.53. The SMILES string of the molecule is CN(C)C(=O)N1CCN(C(=O)c2ccc(C(C)(C)C)cc2)CC1. The Balaban J connectivity index is 1.99. The Hall–Kier alpha value is -2.04. The number of rotatable bonds is 1. The molecule has 2 rings (SSSR count). The Morgan fingerprint density at radius 3 is 1.83 bits per heavy atom. The highest BCUT2D eigenvalue weighted by atomic mass is 16.2. The Morgan fingerprint density at radius 1 is 0.913 bits per heavy atom. The second-order valence-electron chi connectivity index (χ2n) is 7.28. The van der Waals surface area contributed by atoms with Crippen molar-refractivity contribution in [3.63, 3.8) is 0 Å². The standard InChI is InChI=1S/C18H27N3O2/c1-18(2,3)15-8-6-14(7-9-15)16(22)20-10-12-21(13-11-20)17(23)19(4)5/h6-9H,10-13H2,1-5H3. The predicted molar refractivity (Wildman–Crippen MR) is 91.7 cm³/mol. The van der Waals surface area contributed by atoms with Gasteiger partial charge >= 0.3 is 6.03 Å². The topological polar surface area (TPSA) is 43.9 Å². The highest BCUT2D eigenvalue weighted by molar-refractivity contribution is 5.94. The van der Waals surface area contributed by atoms with Gasteiger partial charge in [0.2, 0.25) is 0 Å². The van der Waals surface area contributed by atoms with Crippen LogP contribution in [0.3, 0.4) is 0 Å². The maximum atomic E-state index is 12.6. The van der Waals surface area contributed by atoms with Crippen LogP contribution in [0.15, 0.2) is 24.3 Å². The highest BCUT2D eigenvalue weighted by Crippen LogP contribution is 2.22. The van der Waals surface area contributed by atoms with Gasteiger partial charge in [-0.15, -0.1) is 0 Å². The van der Waals surface area contributed by atoms with E-state index in [1.54, 1.807) is 23.9 Å². The molecule has 1 aromatic rings. The van der Waals surface area contributed by atoms with Crippen molar-refractivity contribution in [1.82, 2.24) is 14.7 Å². The van der Waals surface area contributed by atoms with Gasteiger partial charge in [0.15, 0.2) is 0 Å².